The zero-order valence-electron chi connectivity index (χ0n) is 56.5. The molecule has 0 spiro atoms. The predicted octanol–water partition coefficient (Wildman–Crippen LogP) is 19.1. The Labute approximate surface area is 530 Å². The number of phosphoric acid groups is 2. The highest BCUT2D eigenvalue weighted by Crippen LogP contribution is 2.45. The molecule has 87 heavy (non-hydrogen) atoms. The van der Waals surface area contributed by atoms with Crippen molar-refractivity contribution in [3.05, 3.63) is 0 Å². The lowest BCUT2D eigenvalue weighted by Gasteiger charge is -2.21. The molecule has 2 unspecified atom stereocenters. The molecule has 3 N–H and O–H groups in total. The largest absolute Gasteiger partial charge is 0.472 e. The maximum absolute atomic E-state index is 13.0. The van der Waals surface area contributed by atoms with Gasteiger partial charge in [-0.25, -0.2) is 9.13 Å². The van der Waals surface area contributed by atoms with Crippen molar-refractivity contribution in [2.75, 3.05) is 39.6 Å². The summed E-state index contributed by atoms with van der Waals surface area (Å²) in [6, 6.07) is 0. The molecule has 0 bridgehead atoms. The standard InChI is InChI=1S/C68H132O17P2/c1-8-9-10-11-12-28-35-42-49-65(70)78-55-64(85-68(73)52-45-38-31-24-27-34-41-48-61(6)7)58-83-87(76,77)81-54-62(69)53-80-86(74,75)82-57-63(56-79-66(71)50-43-36-29-22-19-15-17-21-26-33-40-47-60(4)5)84-67(72)51-44-37-30-23-18-14-13-16-20-25-32-39-46-59(2)3/h59-64,69H,8-58H2,1-7H3,(H,74,75)(H,76,77)/t62-,63-,64-/m1/s1. The summed E-state index contributed by atoms with van der Waals surface area (Å²) in [6.07, 6.45) is 41.8. The van der Waals surface area contributed by atoms with Gasteiger partial charge in [0.15, 0.2) is 12.2 Å². The Balaban J connectivity index is 5.23. The van der Waals surface area contributed by atoms with Crippen LogP contribution in [-0.4, -0.2) is 96.7 Å². The van der Waals surface area contributed by atoms with Crippen LogP contribution in [0.3, 0.4) is 0 Å². The van der Waals surface area contributed by atoms with Gasteiger partial charge in [0, 0.05) is 25.7 Å². The van der Waals surface area contributed by atoms with Gasteiger partial charge >= 0.3 is 39.5 Å². The van der Waals surface area contributed by atoms with Crippen molar-refractivity contribution in [3.8, 4) is 0 Å². The monoisotopic (exact) mass is 1280 g/mol. The van der Waals surface area contributed by atoms with Gasteiger partial charge in [-0.2, -0.15) is 0 Å². The predicted molar refractivity (Wildman–Crippen MR) is 349 cm³/mol. The van der Waals surface area contributed by atoms with E-state index in [1.165, 1.54) is 141 Å². The molecule has 0 saturated carbocycles. The van der Waals surface area contributed by atoms with Crippen molar-refractivity contribution >= 4 is 39.5 Å². The number of aliphatic hydroxyl groups is 1. The molecule has 19 heteroatoms. The van der Waals surface area contributed by atoms with Gasteiger partial charge in [0.05, 0.1) is 26.4 Å². The third kappa shape index (κ3) is 62.6. The molecule has 0 rings (SSSR count). The van der Waals surface area contributed by atoms with Crippen LogP contribution in [-0.2, 0) is 65.4 Å². The molecule has 0 saturated heterocycles. The SMILES string of the molecule is CCCCCCCCCCC(=O)OC[C@H](COP(=O)(O)OC[C@H](O)COP(=O)(O)OC[C@@H](COC(=O)CCCCCCCCCCCCCC(C)C)OC(=O)CCCCCCCCCCCCCCC(C)C)OC(=O)CCCCCCCCCC(C)C. The minimum atomic E-state index is -4.95. The summed E-state index contributed by atoms with van der Waals surface area (Å²) in [5, 5.41) is 10.6. The number of hydrogen-bond donors (Lipinski definition) is 3. The Morgan fingerprint density at radius 1 is 0.310 bits per heavy atom. The van der Waals surface area contributed by atoms with Gasteiger partial charge in [-0.05, 0) is 43.4 Å². The summed E-state index contributed by atoms with van der Waals surface area (Å²) < 4.78 is 68.1. The Hall–Kier alpha value is -1.94. The van der Waals surface area contributed by atoms with Gasteiger partial charge in [-0.15, -0.1) is 0 Å². The second-order valence-electron chi connectivity index (χ2n) is 26.0. The summed E-state index contributed by atoms with van der Waals surface area (Å²) >= 11 is 0. The van der Waals surface area contributed by atoms with E-state index >= 15 is 0 Å². The molecule has 0 amide bonds. The maximum atomic E-state index is 13.0. The van der Waals surface area contributed by atoms with E-state index in [0.717, 1.165) is 108 Å². The van der Waals surface area contributed by atoms with Crippen molar-refractivity contribution < 1.29 is 80.2 Å². The van der Waals surface area contributed by atoms with Gasteiger partial charge < -0.3 is 33.8 Å². The highest BCUT2D eigenvalue weighted by molar-refractivity contribution is 7.47. The first kappa shape index (κ1) is 85.1. The highest BCUT2D eigenvalue weighted by atomic mass is 31.2. The highest BCUT2D eigenvalue weighted by Gasteiger charge is 2.30. The van der Waals surface area contributed by atoms with E-state index in [9.17, 15) is 43.2 Å². The number of unbranched alkanes of at least 4 members (excludes halogenated alkanes) is 34. The minimum Gasteiger partial charge on any atom is -0.462 e. The molecule has 0 aliphatic heterocycles. The van der Waals surface area contributed by atoms with E-state index in [2.05, 4.69) is 48.5 Å². The number of phosphoric ester groups is 2. The Kier molecular flexibility index (Phi) is 57.8. The Bertz CT molecular complexity index is 1720. The fourth-order valence-electron chi connectivity index (χ4n) is 10.2. The number of ether oxygens (including phenoxy) is 4. The molecule has 0 aliphatic carbocycles. The summed E-state index contributed by atoms with van der Waals surface area (Å²) in [5.74, 6) is 0.111. The molecule has 0 radical (unpaired) electrons. The number of aliphatic hydroxyl groups excluding tert-OH is 1. The summed E-state index contributed by atoms with van der Waals surface area (Å²) in [6.45, 7) is 11.8. The maximum Gasteiger partial charge on any atom is 0.472 e. The van der Waals surface area contributed by atoms with Crippen LogP contribution in [0, 0.1) is 17.8 Å². The van der Waals surface area contributed by atoms with Crippen LogP contribution in [0.5, 0.6) is 0 Å². The molecule has 0 heterocycles. The van der Waals surface area contributed by atoms with E-state index in [0.29, 0.717) is 31.6 Å². The van der Waals surface area contributed by atoms with Crippen molar-refractivity contribution in [1.29, 1.82) is 0 Å². The quantitative estimate of drug-likeness (QED) is 0.0222. The van der Waals surface area contributed by atoms with E-state index in [1.807, 2.05) is 0 Å². The molecule has 0 fully saturated rings. The van der Waals surface area contributed by atoms with Gasteiger partial charge in [0.25, 0.3) is 0 Å². The average Bonchev–Trinajstić information content (AvgIpc) is 3.69. The molecule has 0 aromatic heterocycles. The second kappa shape index (κ2) is 59.1. The first-order chi connectivity index (χ1) is 41.7. The first-order valence-electron chi connectivity index (χ1n) is 35.3. The third-order valence-electron chi connectivity index (χ3n) is 15.6. The van der Waals surface area contributed by atoms with Gasteiger partial charge in [-0.1, -0.05) is 286 Å². The Morgan fingerprint density at radius 3 is 0.782 bits per heavy atom. The first-order valence-corrected chi connectivity index (χ1v) is 38.3. The fourth-order valence-corrected chi connectivity index (χ4v) is 11.8. The molecular weight excluding hydrogens is 1150 g/mol. The number of hydrogen-bond acceptors (Lipinski definition) is 15. The Morgan fingerprint density at radius 2 is 0.529 bits per heavy atom. The molecule has 516 valence electrons. The average molecular weight is 1280 g/mol. The molecule has 0 aliphatic rings. The van der Waals surface area contributed by atoms with E-state index in [4.69, 9.17) is 37.0 Å². The second-order valence-corrected chi connectivity index (χ2v) is 28.9. The minimum absolute atomic E-state index is 0.103. The molecule has 5 atom stereocenters. The van der Waals surface area contributed by atoms with Crippen LogP contribution in [0.2, 0.25) is 0 Å². The number of carbonyl (C=O) groups excluding carboxylic acids is 4. The van der Waals surface area contributed by atoms with Crippen LogP contribution in [0.1, 0.15) is 337 Å². The lowest BCUT2D eigenvalue weighted by atomic mass is 10.0. The number of rotatable bonds is 66. The zero-order chi connectivity index (χ0) is 64.5. The lowest BCUT2D eigenvalue weighted by Crippen LogP contribution is -2.30. The molecule has 17 nitrogen and oxygen atoms in total. The van der Waals surface area contributed by atoms with Crippen LogP contribution in [0.15, 0.2) is 0 Å². The summed E-state index contributed by atoms with van der Waals surface area (Å²) in [7, 11) is -9.89. The topological polar surface area (TPSA) is 237 Å². The smallest absolute Gasteiger partial charge is 0.462 e. The van der Waals surface area contributed by atoms with Crippen LogP contribution in [0.4, 0.5) is 0 Å². The van der Waals surface area contributed by atoms with E-state index < -0.39 is 97.5 Å². The third-order valence-corrected chi connectivity index (χ3v) is 17.5. The fraction of sp³-hybridized carbons (Fsp3) is 0.941. The molecule has 0 aromatic rings. The molecule has 0 aromatic carbocycles. The van der Waals surface area contributed by atoms with Crippen LogP contribution >= 0.6 is 15.6 Å². The summed E-state index contributed by atoms with van der Waals surface area (Å²) in [4.78, 5) is 72.3. The summed E-state index contributed by atoms with van der Waals surface area (Å²) in [5.41, 5.74) is 0. The number of carbonyl (C=O) groups is 4. The van der Waals surface area contributed by atoms with Crippen LogP contribution < -0.4 is 0 Å². The lowest BCUT2D eigenvalue weighted by molar-refractivity contribution is -0.161. The van der Waals surface area contributed by atoms with E-state index in [-0.39, 0.29) is 25.7 Å². The normalized spacial score (nSPS) is 14.3. The molecular formula is C68H132O17P2. The number of esters is 4. The van der Waals surface area contributed by atoms with Crippen molar-refractivity contribution in [2.24, 2.45) is 17.8 Å². The van der Waals surface area contributed by atoms with Crippen LogP contribution in [0.25, 0.3) is 0 Å². The van der Waals surface area contributed by atoms with Gasteiger partial charge in [0.2, 0.25) is 0 Å². The van der Waals surface area contributed by atoms with Crippen molar-refractivity contribution in [2.45, 2.75) is 356 Å². The van der Waals surface area contributed by atoms with Gasteiger partial charge in [0.1, 0.15) is 19.3 Å². The van der Waals surface area contributed by atoms with Crippen molar-refractivity contribution in [3.63, 3.8) is 0 Å². The van der Waals surface area contributed by atoms with E-state index in [1.54, 1.807) is 0 Å². The van der Waals surface area contributed by atoms with Crippen molar-refractivity contribution in [1.82, 2.24) is 0 Å². The zero-order valence-corrected chi connectivity index (χ0v) is 58.3. The van der Waals surface area contributed by atoms with Gasteiger partial charge in [-0.3, -0.25) is 37.3 Å².